The third kappa shape index (κ3) is 3.70. The number of para-hydroxylation sites is 2. The number of ether oxygens (including phenoxy) is 2. The lowest BCUT2D eigenvalue weighted by Crippen LogP contribution is -2.27. The van der Waals surface area contributed by atoms with E-state index in [2.05, 4.69) is 30.2 Å². The highest BCUT2D eigenvalue weighted by molar-refractivity contribution is 5.86. The molecular weight excluding hydrogens is 352 g/mol. The van der Waals surface area contributed by atoms with Crippen molar-refractivity contribution >= 4 is 16.8 Å². The first-order valence-electron chi connectivity index (χ1n) is 9.84. The Balaban J connectivity index is 1.68. The second-order valence-electron chi connectivity index (χ2n) is 7.66. The second-order valence-corrected chi connectivity index (χ2v) is 7.66. The first-order valence-corrected chi connectivity index (χ1v) is 9.84. The molecule has 1 atom stereocenters. The molecular formula is C23H26N2O3. The number of H-pyrrole nitrogens is 1. The number of amides is 1. The molecule has 3 aromatic rings. The summed E-state index contributed by atoms with van der Waals surface area (Å²) < 4.78 is 11.3. The summed E-state index contributed by atoms with van der Waals surface area (Å²) in [5.41, 5.74) is 3.14. The minimum atomic E-state index is -0.119. The molecule has 4 rings (SSSR count). The maximum atomic E-state index is 12.7. The van der Waals surface area contributed by atoms with Crippen LogP contribution in [0.25, 0.3) is 10.9 Å². The van der Waals surface area contributed by atoms with E-state index < -0.39 is 0 Å². The Morgan fingerprint density at radius 3 is 2.82 bits per heavy atom. The Hall–Kier alpha value is -2.95. The number of hydrogen-bond donors (Lipinski definition) is 2. The van der Waals surface area contributed by atoms with Crippen LogP contribution in [-0.4, -0.2) is 24.2 Å². The van der Waals surface area contributed by atoms with E-state index in [1.165, 1.54) is 0 Å². The lowest BCUT2D eigenvalue weighted by atomic mass is 9.87. The molecule has 5 heteroatoms. The molecule has 1 aromatic heterocycles. The van der Waals surface area contributed by atoms with Crippen LogP contribution in [0, 0.1) is 5.92 Å². The number of aromatic amines is 1. The molecule has 0 saturated carbocycles. The average Bonchev–Trinajstić information content (AvgIpc) is 3.32. The van der Waals surface area contributed by atoms with Crippen LogP contribution in [-0.2, 0) is 4.79 Å². The van der Waals surface area contributed by atoms with Crippen molar-refractivity contribution in [3.05, 3.63) is 59.8 Å². The van der Waals surface area contributed by atoms with Gasteiger partial charge in [-0.05, 0) is 30.0 Å². The number of rotatable bonds is 7. The zero-order valence-corrected chi connectivity index (χ0v) is 16.3. The fourth-order valence-electron chi connectivity index (χ4n) is 3.75. The smallest absolute Gasteiger partial charge is 0.231 e. The SMILES string of the molecule is CC(C)CCNC(=O)C[C@@H](c1cccc2c1OCO2)c1c[nH]c2ccccc12. The van der Waals surface area contributed by atoms with Crippen LogP contribution in [0.2, 0.25) is 0 Å². The van der Waals surface area contributed by atoms with E-state index in [0.717, 1.165) is 39.9 Å². The molecule has 2 aromatic carbocycles. The van der Waals surface area contributed by atoms with Gasteiger partial charge in [0, 0.05) is 41.5 Å². The van der Waals surface area contributed by atoms with Crippen LogP contribution in [0.5, 0.6) is 11.5 Å². The number of aromatic nitrogens is 1. The van der Waals surface area contributed by atoms with Gasteiger partial charge in [0.1, 0.15) is 0 Å². The Morgan fingerprint density at radius 2 is 1.96 bits per heavy atom. The molecule has 0 spiro atoms. The number of carbonyl (C=O) groups excluding carboxylic acids is 1. The molecule has 2 heterocycles. The summed E-state index contributed by atoms with van der Waals surface area (Å²) in [6.45, 7) is 5.23. The Bertz CT molecular complexity index is 977. The predicted octanol–water partition coefficient (Wildman–Crippen LogP) is 4.58. The number of hydrogen-bond acceptors (Lipinski definition) is 3. The highest BCUT2D eigenvalue weighted by Crippen LogP contribution is 2.44. The first kappa shape index (κ1) is 18.4. The summed E-state index contributed by atoms with van der Waals surface area (Å²) in [6, 6.07) is 14.1. The molecule has 1 amide bonds. The van der Waals surface area contributed by atoms with Crippen LogP contribution in [0.4, 0.5) is 0 Å². The number of fused-ring (bicyclic) bond motifs is 2. The predicted molar refractivity (Wildman–Crippen MR) is 110 cm³/mol. The van der Waals surface area contributed by atoms with Gasteiger partial charge in [-0.25, -0.2) is 0 Å². The second kappa shape index (κ2) is 7.97. The summed E-state index contributed by atoms with van der Waals surface area (Å²) in [7, 11) is 0. The summed E-state index contributed by atoms with van der Waals surface area (Å²) in [6.07, 6.45) is 3.34. The fraction of sp³-hybridized carbons (Fsp3) is 0.348. The minimum Gasteiger partial charge on any atom is -0.454 e. The van der Waals surface area contributed by atoms with Crippen LogP contribution in [0.1, 0.15) is 43.7 Å². The monoisotopic (exact) mass is 378 g/mol. The minimum absolute atomic E-state index is 0.0486. The van der Waals surface area contributed by atoms with Gasteiger partial charge >= 0.3 is 0 Å². The molecule has 146 valence electrons. The van der Waals surface area contributed by atoms with Crippen LogP contribution in [0.3, 0.4) is 0 Å². The lowest BCUT2D eigenvalue weighted by Gasteiger charge is -2.19. The van der Waals surface area contributed by atoms with Crippen LogP contribution < -0.4 is 14.8 Å². The summed E-state index contributed by atoms with van der Waals surface area (Å²) in [5, 5.41) is 4.19. The van der Waals surface area contributed by atoms with E-state index in [4.69, 9.17) is 9.47 Å². The van der Waals surface area contributed by atoms with Crippen molar-refractivity contribution in [2.24, 2.45) is 5.92 Å². The van der Waals surface area contributed by atoms with Crippen molar-refractivity contribution in [2.75, 3.05) is 13.3 Å². The number of benzene rings is 2. The molecule has 5 nitrogen and oxygen atoms in total. The summed E-state index contributed by atoms with van der Waals surface area (Å²) >= 11 is 0. The molecule has 0 saturated heterocycles. The average molecular weight is 378 g/mol. The van der Waals surface area contributed by atoms with Gasteiger partial charge in [-0.1, -0.05) is 44.2 Å². The zero-order chi connectivity index (χ0) is 19.5. The third-order valence-corrected chi connectivity index (χ3v) is 5.23. The van der Waals surface area contributed by atoms with Crippen molar-refractivity contribution < 1.29 is 14.3 Å². The topological polar surface area (TPSA) is 63.4 Å². The molecule has 1 aliphatic heterocycles. The molecule has 2 N–H and O–H groups in total. The summed E-state index contributed by atoms with van der Waals surface area (Å²) in [4.78, 5) is 16.1. The maximum Gasteiger partial charge on any atom is 0.231 e. The Labute approximate surface area is 165 Å². The van der Waals surface area contributed by atoms with Crippen LogP contribution in [0.15, 0.2) is 48.7 Å². The molecule has 1 aliphatic rings. The quantitative estimate of drug-likeness (QED) is 0.632. The first-order chi connectivity index (χ1) is 13.6. The van der Waals surface area contributed by atoms with Crippen LogP contribution >= 0.6 is 0 Å². The van der Waals surface area contributed by atoms with Gasteiger partial charge in [0.05, 0.1) is 0 Å². The highest BCUT2D eigenvalue weighted by Gasteiger charge is 2.28. The van der Waals surface area contributed by atoms with Gasteiger partial charge in [0.2, 0.25) is 12.7 Å². The molecule has 0 fully saturated rings. The van der Waals surface area contributed by atoms with Crippen molar-refractivity contribution in [3.8, 4) is 11.5 Å². The number of carbonyl (C=O) groups is 1. The van der Waals surface area contributed by atoms with Gasteiger partial charge in [-0.3, -0.25) is 4.79 Å². The molecule has 0 radical (unpaired) electrons. The standard InChI is InChI=1S/C23H26N2O3/c1-15(2)10-11-24-22(26)12-18(17-7-5-9-21-23(17)28-14-27-21)19-13-25-20-8-4-3-6-16(19)20/h3-9,13,15,18,25H,10-12,14H2,1-2H3,(H,24,26)/t18-/m0/s1. The zero-order valence-electron chi connectivity index (χ0n) is 16.3. The van der Waals surface area contributed by atoms with Gasteiger partial charge in [-0.15, -0.1) is 0 Å². The van der Waals surface area contributed by atoms with Crippen molar-refractivity contribution in [3.63, 3.8) is 0 Å². The van der Waals surface area contributed by atoms with E-state index >= 15 is 0 Å². The van der Waals surface area contributed by atoms with E-state index in [1.54, 1.807) is 0 Å². The van der Waals surface area contributed by atoms with E-state index in [1.807, 2.05) is 42.6 Å². The largest absolute Gasteiger partial charge is 0.454 e. The fourth-order valence-corrected chi connectivity index (χ4v) is 3.75. The molecule has 0 bridgehead atoms. The third-order valence-electron chi connectivity index (χ3n) is 5.23. The van der Waals surface area contributed by atoms with Gasteiger partial charge in [0.25, 0.3) is 0 Å². The maximum absolute atomic E-state index is 12.7. The number of nitrogens with one attached hydrogen (secondary N) is 2. The van der Waals surface area contributed by atoms with Crippen molar-refractivity contribution in [1.82, 2.24) is 10.3 Å². The normalized spacial score (nSPS) is 13.8. The lowest BCUT2D eigenvalue weighted by molar-refractivity contribution is -0.121. The summed E-state index contributed by atoms with van der Waals surface area (Å²) in [5.74, 6) is 1.97. The Kier molecular flexibility index (Phi) is 5.24. The van der Waals surface area contributed by atoms with E-state index in [0.29, 0.717) is 18.9 Å². The molecule has 0 aliphatic carbocycles. The van der Waals surface area contributed by atoms with Gasteiger partial charge < -0.3 is 19.8 Å². The highest BCUT2D eigenvalue weighted by atomic mass is 16.7. The van der Waals surface area contributed by atoms with Gasteiger partial charge in [0.15, 0.2) is 11.5 Å². The van der Waals surface area contributed by atoms with E-state index in [-0.39, 0.29) is 18.6 Å². The Morgan fingerprint density at radius 1 is 1.11 bits per heavy atom. The van der Waals surface area contributed by atoms with Gasteiger partial charge in [-0.2, -0.15) is 0 Å². The molecule has 28 heavy (non-hydrogen) atoms. The van der Waals surface area contributed by atoms with Crippen molar-refractivity contribution in [1.29, 1.82) is 0 Å². The van der Waals surface area contributed by atoms with Crippen molar-refractivity contribution in [2.45, 2.75) is 32.6 Å². The van der Waals surface area contributed by atoms with E-state index in [9.17, 15) is 4.79 Å². The molecule has 0 unspecified atom stereocenters.